The van der Waals surface area contributed by atoms with E-state index in [-0.39, 0.29) is 5.75 Å². The first-order chi connectivity index (χ1) is 11.1. The highest BCUT2D eigenvalue weighted by atomic mass is 35.5. The van der Waals surface area contributed by atoms with Crippen LogP contribution in [0, 0.1) is 0 Å². The van der Waals surface area contributed by atoms with Crippen LogP contribution in [0.5, 0.6) is 0 Å². The third kappa shape index (κ3) is 5.15. The third-order valence-electron chi connectivity index (χ3n) is 2.69. The van der Waals surface area contributed by atoms with Crippen LogP contribution < -0.4 is 10.6 Å². The number of urea groups is 1. The summed E-state index contributed by atoms with van der Waals surface area (Å²) in [6.07, 6.45) is 4.95. The zero-order chi connectivity index (χ0) is 16.7. The minimum absolute atomic E-state index is 0.0685. The van der Waals surface area contributed by atoms with Gasteiger partial charge < -0.3 is 5.32 Å². The van der Waals surface area contributed by atoms with Gasteiger partial charge in [-0.2, -0.15) is 0 Å². The minimum Gasteiger partial charge on any atom is -0.334 e. The second kappa shape index (κ2) is 8.40. The first-order valence-corrected chi connectivity index (χ1v) is 8.07. The first-order valence-electron chi connectivity index (χ1n) is 6.71. The van der Waals surface area contributed by atoms with Crippen molar-refractivity contribution in [3.8, 4) is 5.69 Å². The molecule has 1 aromatic carbocycles. The van der Waals surface area contributed by atoms with Crippen LogP contribution in [0.25, 0.3) is 5.69 Å². The number of halogens is 1. The highest BCUT2D eigenvalue weighted by Gasteiger charge is 2.11. The largest absolute Gasteiger partial charge is 0.334 e. The number of hydrogen-bond donors (Lipinski definition) is 2. The molecule has 2 rings (SSSR count). The van der Waals surface area contributed by atoms with E-state index in [2.05, 4.69) is 22.2 Å². The number of imide groups is 1. The van der Waals surface area contributed by atoms with Gasteiger partial charge >= 0.3 is 6.03 Å². The molecule has 2 N–H and O–H groups in total. The van der Waals surface area contributed by atoms with E-state index >= 15 is 0 Å². The Labute approximate surface area is 142 Å². The van der Waals surface area contributed by atoms with Gasteiger partial charge in [-0.05, 0) is 18.2 Å². The fourth-order valence-corrected chi connectivity index (χ4v) is 2.68. The van der Waals surface area contributed by atoms with Crippen LogP contribution in [-0.2, 0) is 4.79 Å². The molecule has 0 bridgehead atoms. The van der Waals surface area contributed by atoms with Crippen LogP contribution in [0.2, 0.25) is 5.02 Å². The molecule has 2 aromatic rings. The molecule has 0 aliphatic carbocycles. The summed E-state index contributed by atoms with van der Waals surface area (Å²) in [6.45, 7) is 3.77. The maximum absolute atomic E-state index is 11.7. The molecular formula is C15H15ClN4O2S. The quantitative estimate of drug-likeness (QED) is 0.620. The van der Waals surface area contributed by atoms with Gasteiger partial charge in [0.05, 0.1) is 5.75 Å². The fourth-order valence-electron chi connectivity index (χ4n) is 1.72. The molecule has 1 heterocycles. The zero-order valence-corrected chi connectivity index (χ0v) is 13.7. The lowest BCUT2D eigenvalue weighted by Crippen LogP contribution is -2.40. The van der Waals surface area contributed by atoms with Crippen LogP contribution in [0.1, 0.15) is 0 Å². The Kier molecular flexibility index (Phi) is 6.25. The Morgan fingerprint density at radius 2 is 2.26 bits per heavy atom. The molecule has 23 heavy (non-hydrogen) atoms. The van der Waals surface area contributed by atoms with Gasteiger partial charge in [0.1, 0.15) is 0 Å². The van der Waals surface area contributed by atoms with E-state index in [1.54, 1.807) is 24.5 Å². The molecule has 0 aliphatic rings. The van der Waals surface area contributed by atoms with Gasteiger partial charge in [0.25, 0.3) is 0 Å². The number of aromatic nitrogens is 2. The predicted octanol–water partition coefficient (Wildman–Crippen LogP) is 2.63. The molecule has 0 unspecified atom stereocenters. The summed E-state index contributed by atoms with van der Waals surface area (Å²) in [5.41, 5.74) is 0.849. The second-order valence-electron chi connectivity index (χ2n) is 4.40. The molecule has 0 saturated carbocycles. The molecule has 120 valence electrons. The standard InChI is InChI=1S/C15H15ClN4O2S/c1-2-6-17-14(22)19-13(21)10-23-15-18-7-8-20(15)12-5-3-4-11(16)9-12/h2-5,7-9H,1,6,10H2,(H2,17,19,21,22). The lowest BCUT2D eigenvalue weighted by atomic mass is 10.3. The smallest absolute Gasteiger partial charge is 0.321 e. The molecule has 3 amide bonds. The van der Waals surface area contributed by atoms with Gasteiger partial charge in [-0.3, -0.25) is 14.7 Å². The lowest BCUT2D eigenvalue weighted by Gasteiger charge is -2.08. The monoisotopic (exact) mass is 350 g/mol. The number of rotatable bonds is 6. The van der Waals surface area contributed by atoms with Crippen LogP contribution in [0.15, 0.2) is 54.5 Å². The Balaban J connectivity index is 1.94. The van der Waals surface area contributed by atoms with Gasteiger partial charge in [-0.15, -0.1) is 6.58 Å². The number of nitrogens with one attached hydrogen (secondary N) is 2. The molecule has 1 aromatic heterocycles. The van der Waals surface area contributed by atoms with Gasteiger partial charge in [0.2, 0.25) is 5.91 Å². The van der Waals surface area contributed by atoms with E-state index in [1.165, 1.54) is 17.8 Å². The topological polar surface area (TPSA) is 76.0 Å². The van der Waals surface area contributed by atoms with Crippen molar-refractivity contribution in [1.29, 1.82) is 0 Å². The van der Waals surface area contributed by atoms with Gasteiger partial charge in [-0.1, -0.05) is 35.5 Å². The fraction of sp³-hybridized carbons (Fsp3) is 0.133. The van der Waals surface area contributed by atoms with Crippen molar-refractivity contribution in [2.75, 3.05) is 12.3 Å². The number of carbonyl (C=O) groups excluding carboxylic acids is 2. The van der Waals surface area contributed by atoms with E-state index in [4.69, 9.17) is 11.6 Å². The van der Waals surface area contributed by atoms with Gasteiger partial charge in [0, 0.05) is 29.6 Å². The molecule has 6 nitrogen and oxygen atoms in total. The van der Waals surface area contributed by atoms with Crippen molar-refractivity contribution in [2.45, 2.75) is 5.16 Å². The average molecular weight is 351 g/mol. The number of imidazole rings is 1. The van der Waals surface area contributed by atoms with E-state index in [0.717, 1.165) is 5.69 Å². The zero-order valence-electron chi connectivity index (χ0n) is 12.2. The molecule has 0 radical (unpaired) electrons. The van der Waals surface area contributed by atoms with E-state index in [1.807, 2.05) is 16.7 Å². The molecule has 0 atom stereocenters. The Hall–Kier alpha value is -2.25. The van der Waals surface area contributed by atoms with Crippen molar-refractivity contribution in [2.24, 2.45) is 0 Å². The predicted molar refractivity (Wildman–Crippen MR) is 91.0 cm³/mol. The molecule has 0 saturated heterocycles. The van der Waals surface area contributed by atoms with Crippen molar-refractivity contribution in [3.05, 3.63) is 54.3 Å². The van der Waals surface area contributed by atoms with Crippen molar-refractivity contribution >= 4 is 35.3 Å². The SMILES string of the molecule is C=CCNC(=O)NC(=O)CSc1nccn1-c1cccc(Cl)c1. The van der Waals surface area contributed by atoms with E-state index < -0.39 is 11.9 Å². The Morgan fingerprint density at radius 1 is 1.43 bits per heavy atom. The summed E-state index contributed by atoms with van der Waals surface area (Å²) in [5, 5.41) is 5.94. The van der Waals surface area contributed by atoms with E-state index in [9.17, 15) is 9.59 Å². The number of nitrogens with zero attached hydrogens (tertiary/aromatic N) is 2. The molecule has 8 heteroatoms. The third-order valence-corrected chi connectivity index (χ3v) is 3.89. The number of hydrogen-bond acceptors (Lipinski definition) is 4. The van der Waals surface area contributed by atoms with Crippen LogP contribution in [0.3, 0.4) is 0 Å². The normalized spacial score (nSPS) is 10.1. The summed E-state index contributed by atoms with van der Waals surface area (Å²) in [7, 11) is 0. The maximum atomic E-state index is 11.7. The Bertz CT molecular complexity index is 717. The summed E-state index contributed by atoms with van der Waals surface area (Å²) >= 11 is 7.21. The van der Waals surface area contributed by atoms with E-state index in [0.29, 0.717) is 16.7 Å². The van der Waals surface area contributed by atoms with Crippen LogP contribution >= 0.6 is 23.4 Å². The summed E-state index contributed by atoms with van der Waals surface area (Å²) in [6, 6.07) is 6.76. The summed E-state index contributed by atoms with van der Waals surface area (Å²) < 4.78 is 1.82. The second-order valence-corrected chi connectivity index (χ2v) is 5.77. The highest BCUT2D eigenvalue weighted by Crippen LogP contribution is 2.22. The number of amides is 3. The Morgan fingerprint density at radius 3 is 3.00 bits per heavy atom. The number of carbonyl (C=O) groups is 2. The van der Waals surface area contributed by atoms with Crippen LogP contribution in [-0.4, -0.2) is 33.8 Å². The average Bonchev–Trinajstić information content (AvgIpc) is 2.99. The molecule has 0 aliphatic heterocycles. The van der Waals surface area contributed by atoms with Gasteiger partial charge in [-0.25, -0.2) is 9.78 Å². The lowest BCUT2D eigenvalue weighted by molar-refractivity contribution is -0.117. The number of benzene rings is 1. The first kappa shape index (κ1) is 17.1. The summed E-state index contributed by atoms with van der Waals surface area (Å²) in [5.74, 6) is -0.337. The summed E-state index contributed by atoms with van der Waals surface area (Å²) in [4.78, 5) is 27.3. The number of thioether (sulfide) groups is 1. The highest BCUT2D eigenvalue weighted by molar-refractivity contribution is 7.99. The van der Waals surface area contributed by atoms with Crippen LogP contribution in [0.4, 0.5) is 4.79 Å². The molecule has 0 spiro atoms. The minimum atomic E-state index is -0.548. The molecule has 0 fully saturated rings. The maximum Gasteiger partial charge on any atom is 0.321 e. The van der Waals surface area contributed by atoms with Crippen molar-refractivity contribution in [3.63, 3.8) is 0 Å². The molecular weight excluding hydrogens is 336 g/mol. The van der Waals surface area contributed by atoms with Crippen molar-refractivity contribution in [1.82, 2.24) is 20.2 Å². The van der Waals surface area contributed by atoms with Gasteiger partial charge in [0.15, 0.2) is 5.16 Å². The van der Waals surface area contributed by atoms with Crippen molar-refractivity contribution < 1.29 is 9.59 Å².